The molecule has 0 saturated heterocycles. The number of fused-ring (bicyclic) bond motifs is 6. The first-order chi connectivity index (χ1) is 31.2. The Balaban J connectivity index is 1.02. The number of nitrogens with zero attached hydrogens (tertiary/aromatic N) is 2. The van der Waals surface area contributed by atoms with Crippen LogP contribution in [0.3, 0.4) is 0 Å². The summed E-state index contributed by atoms with van der Waals surface area (Å²) in [6.07, 6.45) is 0. The van der Waals surface area contributed by atoms with Crippen molar-refractivity contribution in [3.63, 3.8) is 0 Å². The van der Waals surface area contributed by atoms with Crippen LogP contribution >= 0.6 is 0 Å². The summed E-state index contributed by atoms with van der Waals surface area (Å²) in [6.45, 7) is 0. The van der Waals surface area contributed by atoms with Gasteiger partial charge in [0.1, 0.15) is 0 Å². The van der Waals surface area contributed by atoms with Crippen LogP contribution in [0.4, 0.5) is 17.1 Å². The molecule has 63 heavy (non-hydrogen) atoms. The smallest absolute Gasteiger partial charge is 0.0542 e. The van der Waals surface area contributed by atoms with Crippen molar-refractivity contribution in [2.45, 2.75) is 5.92 Å². The Hall–Kier alpha value is -8.20. The molecule has 2 heteroatoms. The van der Waals surface area contributed by atoms with E-state index in [-0.39, 0.29) is 5.92 Å². The molecule has 1 aliphatic rings. The molecular weight excluding hydrogens is 761 g/mol. The van der Waals surface area contributed by atoms with E-state index >= 15 is 0 Å². The van der Waals surface area contributed by atoms with Crippen LogP contribution in [0.25, 0.3) is 72.0 Å². The van der Waals surface area contributed by atoms with E-state index in [1.807, 2.05) is 0 Å². The molecule has 296 valence electrons. The van der Waals surface area contributed by atoms with Crippen LogP contribution in [-0.4, -0.2) is 4.57 Å². The Morgan fingerprint density at radius 2 is 0.841 bits per heavy atom. The van der Waals surface area contributed by atoms with Crippen molar-refractivity contribution in [2.24, 2.45) is 0 Å². The number of para-hydroxylation sites is 2. The maximum absolute atomic E-state index is 2.43. The highest BCUT2D eigenvalue weighted by molar-refractivity contribution is 6.10. The Kier molecular flexibility index (Phi) is 8.93. The SMILES string of the molecule is c1ccc(-c2cc(-c3ccccc3)cc(N(c3ccc(-c4ccc5c(c4)-c4ccccc4C5c4ccccc4)cc3)c3ccc4c(c3)c3ccccc3n4-c3ccccc3)c2)cc1. The number of hydrogen-bond acceptors (Lipinski definition) is 1. The normalized spacial score (nSPS) is 12.9. The average molecular weight is 803 g/mol. The van der Waals surface area contributed by atoms with Crippen LogP contribution in [-0.2, 0) is 0 Å². The monoisotopic (exact) mass is 802 g/mol. The van der Waals surface area contributed by atoms with Gasteiger partial charge in [0.15, 0.2) is 0 Å². The lowest BCUT2D eigenvalue weighted by molar-refractivity contribution is 1.02. The molecule has 0 spiro atoms. The second kappa shape index (κ2) is 15.4. The molecule has 0 amide bonds. The predicted octanol–water partition coefficient (Wildman–Crippen LogP) is 16.4. The number of aromatic nitrogens is 1. The van der Waals surface area contributed by atoms with E-state index < -0.39 is 0 Å². The van der Waals surface area contributed by atoms with E-state index in [0.717, 1.165) is 22.7 Å². The van der Waals surface area contributed by atoms with Crippen LogP contribution in [0.2, 0.25) is 0 Å². The second-order valence-electron chi connectivity index (χ2n) is 16.5. The molecule has 10 aromatic carbocycles. The van der Waals surface area contributed by atoms with E-state index in [4.69, 9.17) is 0 Å². The van der Waals surface area contributed by atoms with Gasteiger partial charge in [-0.25, -0.2) is 0 Å². The molecule has 0 fully saturated rings. The van der Waals surface area contributed by atoms with Crippen molar-refractivity contribution in [1.82, 2.24) is 4.57 Å². The van der Waals surface area contributed by atoms with Crippen LogP contribution in [0.5, 0.6) is 0 Å². The van der Waals surface area contributed by atoms with Gasteiger partial charge in [-0.1, -0.05) is 176 Å². The highest BCUT2D eigenvalue weighted by Gasteiger charge is 2.30. The first-order valence-corrected chi connectivity index (χ1v) is 21.8. The zero-order valence-corrected chi connectivity index (χ0v) is 34.6. The maximum atomic E-state index is 2.43. The summed E-state index contributed by atoms with van der Waals surface area (Å²) in [6, 6.07) is 90.9. The molecule has 0 radical (unpaired) electrons. The van der Waals surface area contributed by atoms with Gasteiger partial charge in [0.2, 0.25) is 0 Å². The summed E-state index contributed by atoms with van der Waals surface area (Å²) in [5.74, 6) is 0.230. The third-order valence-corrected chi connectivity index (χ3v) is 12.8. The zero-order chi connectivity index (χ0) is 41.7. The van der Waals surface area contributed by atoms with Gasteiger partial charge in [-0.3, -0.25) is 0 Å². The molecule has 0 saturated carbocycles. The number of benzene rings is 10. The molecule has 0 bridgehead atoms. The largest absolute Gasteiger partial charge is 0.310 e. The summed E-state index contributed by atoms with van der Waals surface area (Å²) in [4.78, 5) is 2.43. The second-order valence-corrected chi connectivity index (χ2v) is 16.5. The van der Waals surface area contributed by atoms with E-state index in [2.05, 4.69) is 258 Å². The molecule has 1 aromatic heterocycles. The van der Waals surface area contributed by atoms with Crippen molar-refractivity contribution in [1.29, 1.82) is 0 Å². The van der Waals surface area contributed by atoms with Crippen LogP contribution in [0.15, 0.2) is 249 Å². The quantitative estimate of drug-likeness (QED) is 0.149. The zero-order valence-electron chi connectivity index (χ0n) is 34.6. The minimum Gasteiger partial charge on any atom is -0.310 e. The van der Waals surface area contributed by atoms with Crippen molar-refractivity contribution in [3.05, 3.63) is 265 Å². The van der Waals surface area contributed by atoms with E-state index in [9.17, 15) is 0 Å². The van der Waals surface area contributed by atoms with Crippen LogP contribution in [0.1, 0.15) is 22.6 Å². The molecule has 0 N–H and O–H groups in total. The van der Waals surface area contributed by atoms with Gasteiger partial charge in [-0.05, 0) is 134 Å². The molecular formula is C61H42N2. The molecule has 1 aliphatic carbocycles. The van der Waals surface area contributed by atoms with Crippen molar-refractivity contribution < 1.29 is 0 Å². The third kappa shape index (κ3) is 6.43. The van der Waals surface area contributed by atoms with E-state index in [0.29, 0.717) is 0 Å². The van der Waals surface area contributed by atoms with Gasteiger partial charge in [-0.2, -0.15) is 0 Å². The molecule has 0 aliphatic heterocycles. The molecule has 1 atom stereocenters. The Morgan fingerprint density at radius 3 is 1.56 bits per heavy atom. The first-order valence-electron chi connectivity index (χ1n) is 21.8. The average Bonchev–Trinajstić information content (AvgIpc) is 3.87. The van der Waals surface area contributed by atoms with Gasteiger partial charge < -0.3 is 9.47 Å². The maximum Gasteiger partial charge on any atom is 0.0542 e. The molecule has 2 nitrogen and oxygen atoms in total. The lowest BCUT2D eigenvalue weighted by Crippen LogP contribution is -2.10. The summed E-state index contributed by atoms with van der Waals surface area (Å²) in [7, 11) is 0. The lowest BCUT2D eigenvalue weighted by atomic mass is 9.89. The first kappa shape index (κ1) is 36.6. The molecule has 12 rings (SSSR count). The van der Waals surface area contributed by atoms with Crippen molar-refractivity contribution >= 4 is 38.9 Å². The van der Waals surface area contributed by atoms with E-state index in [1.54, 1.807) is 0 Å². The van der Waals surface area contributed by atoms with Gasteiger partial charge in [0, 0.05) is 39.4 Å². The summed E-state index contributed by atoms with van der Waals surface area (Å²) in [5.41, 5.74) is 20.6. The van der Waals surface area contributed by atoms with Crippen LogP contribution in [0, 0.1) is 0 Å². The fourth-order valence-corrected chi connectivity index (χ4v) is 9.93. The molecule has 1 unspecified atom stereocenters. The standard InChI is InChI=1S/C61H42N2/c1-5-17-42(18-6-1)47-37-48(43-19-7-2-8-20-43)39-52(38-47)62(51-34-36-60-58(41-51)54-26-15-16-28-59(54)63(60)49-23-11-4-12-24-49)50-32-29-44(30-33-50)46-31-35-56-57(40-46)53-25-13-14-27-55(53)61(56)45-21-9-3-10-22-45/h1-41,61H. The third-order valence-electron chi connectivity index (χ3n) is 12.8. The lowest BCUT2D eigenvalue weighted by Gasteiger charge is -2.27. The molecule has 11 aromatic rings. The molecule has 1 heterocycles. The van der Waals surface area contributed by atoms with Gasteiger partial charge >= 0.3 is 0 Å². The highest BCUT2D eigenvalue weighted by Crippen LogP contribution is 2.49. The Bertz CT molecular complexity index is 3370. The minimum atomic E-state index is 0.230. The van der Waals surface area contributed by atoms with Gasteiger partial charge in [-0.15, -0.1) is 0 Å². The topological polar surface area (TPSA) is 8.17 Å². The van der Waals surface area contributed by atoms with Crippen LogP contribution < -0.4 is 4.90 Å². The minimum absolute atomic E-state index is 0.230. The Morgan fingerprint density at radius 1 is 0.302 bits per heavy atom. The Labute approximate surface area is 368 Å². The number of hydrogen-bond donors (Lipinski definition) is 0. The fraction of sp³-hybridized carbons (Fsp3) is 0.0164. The van der Waals surface area contributed by atoms with Crippen molar-refractivity contribution in [3.8, 4) is 50.2 Å². The number of rotatable bonds is 8. The van der Waals surface area contributed by atoms with Gasteiger partial charge in [0.25, 0.3) is 0 Å². The van der Waals surface area contributed by atoms with E-state index in [1.165, 1.54) is 83.0 Å². The fourth-order valence-electron chi connectivity index (χ4n) is 9.93. The summed E-state index contributed by atoms with van der Waals surface area (Å²) < 4.78 is 2.38. The highest BCUT2D eigenvalue weighted by atomic mass is 15.1. The van der Waals surface area contributed by atoms with Crippen molar-refractivity contribution in [2.75, 3.05) is 4.90 Å². The predicted molar refractivity (Wildman–Crippen MR) is 265 cm³/mol. The summed E-state index contributed by atoms with van der Waals surface area (Å²) in [5, 5.41) is 2.44. The van der Waals surface area contributed by atoms with Gasteiger partial charge in [0.05, 0.1) is 11.0 Å². The number of anilines is 3. The summed E-state index contributed by atoms with van der Waals surface area (Å²) >= 11 is 0.